The fraction of sp³-hybridized carbons (Fsp3) is 0.400. The predicted octanol–water partition coefficient (Wildman–Crippen LogP) is 2.98. The first-order valence-corrected chi connectivity index (χ1v) is 5.42. The minimum Gasteiger partial charge on any atom is -0.384 e. The zero-order valence-electron chi connectivity index (χ0n) is 6.89. The number of fused-ring (bicyclic) bond motifs is 1. The van der Waals surface area contributed by atoms with Gasteiger partial charge in [0.2, 0.25) is 0 Å². The molecule has 0 spiro atoms. The topological polar surface area (TPSA) is 12.0 Å². The number of hydrogen-bond donors (Lipinski definition) is 1. The van der Waals surface area contributed by atoms with Crippen molar-refractivity contribution in [1.82, 2.24) is 0 Å². The van der Waals surface area contributed by atoms with E-state index in [1.54, 1.807) is 0 Å². The van der Waals surface area contributed by atoms with Gasteiger partial charge in [-0.1, -0.05) is 34.1 Å². The van der Waals surface area contributed by atoms with E-state index in [9.17, 15) is 0 Å². The molecule has 12 heavy (non-hydrogen) atoms. The van der Waals surface area contributed by atoms with Crippen LogP contribution in [-0.2, 0) is 0 Å². The maximum absolute atomic E-state index is 3.48. The summed E-state index contributed by atoms with van der Waals surface area (Å²) in [5.41, 5.74) is 2.81. The molecule has 0 unspecified atom stereocenters. The van der Waals surface area contributed by atoms with Crippen LogP contribution in [0.1, 0.15) is 17.9 Å². The molecule has 2 rings (SSSR count). The molecule has 1 atom stereocenters. The molecule has 2 heteroatoms. The summed E-state index contributed by atoms with van der Waals surface area (Å²) in [4.78, 5) is 0. The Morgan fingerprint density at radius 2 is 2.25 bits per heavy atom. The van der Waals surface area contributed by atoms with Crippen molar-refractivity contribution in [2.24, 2.45) is 0 Å². The highest BCUT2D eigenvalue weighted by molar-refractivity contribution is 9.09. The Morgan fingerprint density at radius 1 is 1.42 bits per heavy atom. The molecular weight excluding hydrogens is 214 g/mol. The summed E-state index contributed by atoms with van der Waals surface area (Å²) in [7, 11) is 0. The van der Waals surface area contributed by atoms with E-state index in [0.717, 1.165) is 11.9 Å². The van der Waals surface area contributed by atoms with E-state index in [4.69, 9.17) is 0 Å². The highest BCUT2D eigenvalue weighted by atomic mass is 79.9. The Hall–Kier alpha value is -0.500. The molecule has 0 saturated carbocycles. The van der Waals surface area contributed by atoms with Crippen LogP contribution in [0.3, 0.4) is 0 Å². The van der Waals surface area contributed by atoms with Crippen molar-refractivity contribution in [3.63, 3.8) is 0 Å². The number of alkyl halides is 1. The van der Waals surface area contributed by atoms with Gasteiger partial charge in [0.25, 0.3) is 0 Å². The molecule has 64 valence electrons. The summed E-state index contributed by atoms with van der Waals surface area (Å²) >= 11 is 3.48. The molecular formula is C10H12BrN. The molecule has 1 nitrogen and oxygen atoms in total. The van der Waals surface area contributed by atoms with Crippen LogP contribution in [0.4, 0.5) is 5.69 Å². The van der Waals surface area contributed by atoms with Gasteiger partial charge in [-0.05, 0) is 18.1 Å². The van der Waals surface area contributed by atoms with E-state index < -0.39 is 0 Å². The second-order valence-corrected chi connectivity index (χ2v) is 3.94. The van der Waals surface area contributed by atoms with Crippen molar-refractivity contribution in [1.29, 1.82) is 0 Å². The number of hydrogen-bond acceptors (Lipinski definition) is 1. The molecule has 0 radical (unpaired) electrons. The number of benzene rings is 1. The number of nitrogens with one attached hydrogen (secondary N) is 1. The molecule has 0 bridgehead atoms. The van der Waals surface area contributed by atoms with Gasteiger partial charge in [-0.25, -0.2) is 0 Å². The van der Waals surface area contributed by atoms with Gasteiger partial charge in [0, 0.05) is 23.5 Å². The summed E-state index contributed by atoms with van der Waals surface area (Å²) in [5, 5.41) is 4.51. The second kappa shape index (κ2) is 3.48. The quantitative estimate of drug-likeness (QED) is 0.764. The molecule has 1 aromatic rings. The smallest absolute Gasteiger partial charge is 0.0376 e. The predicted molar refractivity (Wildman–Crippen MR) is 56.1 cm³/mol. The van der Waals surface area contributed by atoms with Gasteiger partial charge >= 0.3 is 0 Å². The van der Waals surface area contributed by atoms with Crippen molar-refractivity contribution in [2.75, 3.05) is 17.2 Å². The minimum atomic E-state index is 0.709. The van der Waals surface area contributed by atoms with E-state index in [0.29, 0.717) is 5.92 Å². The lowest BCUT2D eigenvalue weighted by atomic mass is 9.99. The first-order chi connectivity index (χ1) is 5.92. The molecule has 1 heterocycles. The molecule has 1 aliphatic heterocycles. The highest BCUT2D eigenvalue weighted by Crippen LogP contribution is 2.33. The fourth-order valence-corrected chi connectivity index (χ4v) is 2.30. The third-order valence-electron chi connectivity index (χ3n) is 2.40. The van der Waals surface area contributed by atoms with Gasteiger partial charge in [-0.15, -0.1) is 0 Å². The molecule has 0 saturated heterocycles. The monoisotopic (exact) mass is 225 g/mol. The van der Waals surface area contributed by atoms with Gasteiger partial charge < -0.3 is 5.32 Å². The van der Waals surface area contributed by atoms with Crippen LogP contribution in [0, 0.1) is 0 Å². The first-order valence-electron chi connectivity index (χ1n) is 4.30. The first kappa shape index (κ1) is 8.11. The SMILES string of the molecule is BrCC[C@H]1CNc2ccccc21. The van der Waals surface area contributed by atoms with Crippen molar-refractivity contribution in [2.45, 2.75) is 12.3 Å². The zero-order chi connectivity index (χ0) is 8.39. The van der Waals surface area contributed by atoms with E-state index in [1.165, 1.54) is 17.7 Å². The Kier molecular flexibility index (Phi) is 2.35. The standard InChI is InChI=1S/C10H12BrN/c11-6-5-8-7-12-10-4-2-1-3-9(8)10/h1-4,8,12H,5-7H2/t8-/m0/s1. The van der Waals surface area contributed by atoms with Crippen LogP contribution >= 0.6 is 15.9 Å². The highest BCUT2D eigenvalue weighted by Gasteiger charge is 2.19. The lowest BCUT2D eigenvalue weighted by Crippen LogP contribution is -2.01. The van der Waals surface area contributed by atoms with Gasteiger partial charge in [0.15, 0.2) is 0 Å². The Morgan fingerprint density at radius 3 is 3.08 bits per heavy atom. The van der Waals surface area contributed by atoms with E-state index in [-0.39, 0.29) is 0 Å². The fourth-order valence-electron chi connectivity index (χ4n) is 1.75. The van der Waals surface area contributed by atoms with Crippen LogP contribution in [0.15, 0.2) is 24.3 Å². The Balaban J connectivity index is 2.24. The van der Waals surface area contributed by atoms with Gasteiger partial charge in [-0.2, -0.15) is 0 Å². The van der Waals surface area contributed by atoms with Crippen LogP contribution in [0.25, 0.3) is 0 Å². The third-order valence-corrected chi connectivity index (χ3v) is 2.85. The normalized spacial score (nSPS) is 20.2. The lowest BCUT2D eigenvalue weighted by Gasteiger charge is -2.06. The molecule has 1 aromatic carbocycles. The van der Waals surface area contributed by atoms with Gasteiger partial charge in [0.1, 0.15) is 0 Å². The van der Waals surface area contributed by atoms with E-state index in [2.05, 4.69) is 45.5 Å². The van der Waals surface area contributed by atoms with Gasteiger partial charge in [0.05, 0.1) is 0 Å². The molecule has 0 fully saturated rings. The van der Waals surface area contributed by atoms with Crippen LogP contribution in [0.2, 0.25) is 0 Å². The third kappa shape index (κ3) is 1.36. The largest absolute Gasteiger partial charge is 0.384 e. The minimum absolute atomic E-state index is 0.709. The summed E-state index contributed by atoms with van der Waals surface area (Å²) < 4.78 is 0. The van der Waals surface area contributed by atoms with Crippen LogP contribution < -0.4 is 5.32 Å². The van der Waals surface area contributed by atoms with E-state index in [1.807, 2.05) is 0 Å². The molecule has 0 aliphatic carbocycles. The zero-order valence-corrected chi connectivity index (χ0v) is 8.47. The summed E-state index contributed by atoms with van der Waals surface area (Å²) in [6.07, 6.45) is 1.23. The van der Waals surface area contributed by atoms with E-state index >= 15 is 0 Å². The number of halogens is 1. The number of rotatable bonds is 2. The molecule has 1 N–H and O–H groups in total. The number of para-hydroxylation sites is 1. The second-order valence-electron chi connectivity index (χ2n) is 3.14. The molecule has 0 aromatic heterocycles. The van der Waals surface area contributed by atoms with Gasteiger partial charge in [-0.3, -0.25) is 0 Å². The van der Waals surface area contributed by atoms with Crippen molar-refractivity contribution >= 4 is 21.6 Å². The Bertz CT molecular complexity index is 270. The van der Waals surface area contributed by atoms with Crippen molar-refractivity contribution in [3.05, 3.63) is 29.8 Å². The van der Waals surface area contributed by atoms with Crippen molar-refractivity contribution in [3.8, 4) is 0 Å². The molecule has 0 amide bonds. The Labute approximate surface area is 81.3 Å². The molecule has 1 aliphatic rings. The summed E-state index contributed by atoms with van der Waals surface area (Å²) in [6, 6.07) is 8.58. The average molecular weight is 226 g/mol. The lowest BCUT2D eigenvalue weighted by molar-refractivity contribution is 0.737. The van der Waals surface area contributed by atoms with Crippen molar-refractivity contribution < 1.29 is 0 Å². The summed E-state index contributed by atoms with van der Waals surface area (Å²) in [6.45, 7) is 1.10. The maximum atomic E-state index is 3.48. The number of anilines is 1. The van der Waals surface area contributed by atoms with Crippen LogP contribution in [-0.4, -0.2) is 11.9 Å². The summed E-state index contributed by atoms with van der Waals surface area (Å²) in [5.74, 6) is 0.709. The van der Waals surface area contributed by atoms with Crippen LogP contribution in [0.5, 0.6) is 0 Å². The average Bonchev–Trinajstić information content (AvgIpc) is 2.50. The maximum Gasteiger partial charge on any atom is 0.0376 e.